The summed E-state index contributed by atoms with van der Waals surface area (Å²) in [4.78, 5) is 11.6. The lowest BCUT2D eigenvalue weighted by molar-refractivity contribution is 0.415. The maximum atomic E-state index is 13.8. The lowest BCUT2D eigenvalue weighted by Gasteiger charge is -2.04. The van der Waals surface area contributed by atoms with E-state index in [0.29, 0.717) is 11.4 Å². The molecule has 29 heavy (non-hydrogen) atoms. The minimum absolute atomic E-state index is 0.293. The molecule has 3 aromatic carbocycles. The Hall–Kier alpha value is -3.86. The molecule has 0 aliphatic heterocycles. The molecule has 0 radical (unpaired) electrons. The van der Waals surface area contributed by atoms with Gasteiger partial charge in [0.1, 0.15) is 17.4 Å². The summed E-state index contributed by atoms with van der Waals surface area (Å²) >= 11 is 0. The first-order valence-corrected chi connectivity index (χ1v) is 9.30. The molecule has 4 nitrogen and oxygen atoms in total. The highest BCUT2D eigenvalue weighted by Gasteiger charge is 2.18. The molecule has 0 saturated heterocycles. The van der Waals surface area contributed by atoms with E-state index in [-0.39, 0.29) is 5.82 Å². The van der Waals surface area contributed by atoms with Crippen LogP contribution in [0, 0.1) is 5.82 Å². The molecule has 0 aliphatic carbocycles. The fourth-order valence-electron chi connectivity index (χ4n) is 3.58. The van der Waals surface area contributed by atoms with Crippen LogP contribution >= 0.6 is 0 Å². The van der Waals surface area contributed by atoms with Crippen molar-refractivity contribution in [3.05, 3.63) is 84.8 Å². The average molecular weight is 383 g/mol. The van der Waals surface area contributed by atoms with Crippen LogP contribution in [0.1, 0.15) is 0 Å². The van der Waals surface area contributed by atoms with Crippen LogP contribution in [0.4, 0.5) is 4.39 Å². The molecule has 0 bridgehead atoms. The van der Waals surface area contributed by atoms with Crippen molar-refractivity contribution in [2.24, 2.45) is 0 Å². The van der Waals surface area contributed by atoms with Crippen molar-refractivity contribution in [2.45, 2.75) is 0 Å². The minimum Gasteiger partial charge on any atom is -0.497 e. The summed E-state index contributed by atoms with van der Waals surface area (Å²) in [5.41, 5.74) is 5.39. The summed E-state index contributed by atoms with van der Waals surface area (Å²) in [6, 6.07) is 22.3. The molecule has 2 aromatic heterocycles. The van der Waals surface area contributed by atoms with Crippen molar-refractivity contribution in [3.8, 4) is 39.7 Å². The fourth-order valence-corrected chi connectivity index (χ4v) is 3.58. The van der Waals surface area contributed by atoms with E-state index >= 15 is 0 Å². The van der Waals surface area contributed by atoms with Crippen LogP contribution in [0.25, 0.3) is 44.8 Å². The lowest BCUT2D eigenvalue weighted by atomic mass is 10.0. The Labute approximate surface area is 167 Å². The summed E-state index contributed by atoms with van der Waals surface area (Å²) in [5.74, 6) is 1.11. The standard InChI is InChI=1S/C24H18FN3O/c1-29-18-11-9-15(10-12-18)22-23(20-14-26-21-8-3-2-7-19(20)21)28-24(27-22)16-5-4-6-17(25)13-16/h2-14,26H,1H3,(H,27,28). The number of aromatic amines is 2. The van der Waals surface area contributed by atoms with Crippen molar-refractivity contribution in [1.29, 1.82) is 0 Å². The van der Waals surface area contributed by atoms with Crippen LogP contribution in [-0.4, -0.2) is 22.1 Å². The van der Waals surface area contributed by atoms with E-state index in [0.717, 1.165) is 39.2 Å². The Morgan fingerprint density at radius 1 is 0.897 bits per heavy atom. The molecule has 0 fully saturated rings. The molecule has 0 atom stereocenters. The average Bonchev–Trinajstić information content (AvgIpc) is 3.38. The maximum Gasteiger partial charge on any atom is 0.138 e. The van der Waals surface area contributed by atoms with Crippen LogP contribution in [-0.2, 0) is 0 Å². The third-order valence-electron chi connectivity index (χ3n) is 5.02. The second-order valence-corrected chi connectivity index (χ2v) is 6.80. The van der Waals surface area contributed by atoms with Gasteiger partial charge >= 0.3 is 0 Å². The third kappa shape index (κ3) is 3.06. The zero-order valence-electron chi connectivity index (χ0n) is 15.7. The Kier molecular flexibility index (Phi) is 4.13. The van der Waals surface area contributed by atoms with Crippen LogP contribution in [0.15, 0.2) is 79.0 Å². The van der Waals surface area contributed by atoms with Gasteiger partial charge in [0.2, 0.25) is 0 Å². The molecule has 5 aromatic rings. The lowest BCUT2D eigenvalue weighted by Crippen LogP contribution is -1.85. The number of aromatic nitrogens is 3. The molecule has 0 spiro atoms. The minimum atomic E-state index is -0.293. The summed E-state index contributed by atoms with van der Waals surface area (Å²) in [6.07, 6.45) is 1.97. The van der Waals surface area contributed by atoms with Crippen LogP contribution in [0.3, 0.4) is 0 Å². The van der Waals surface area contributed by atoms with Crippen LogP contribution in [0.5, 0.6) is 5.75 Å². The van der Waals surface area contributed by atoms with E-state index < -0.39 is 0 Å². The molecule has 2 heterocycles. The van der Waals surface area contributed by atoms with Gasteiger partial charge in [0.15, 0.2) is 0 Å². The van der Waals surface area contributed by atoms with Gasteiger partial charge in [-0.1, -0.05) is 30.3 Å². The number of benzene rings is 3. The van der Waals surface area contributed by atoms with E-state index in [1.54, 1.807) is 13.2 Å². The number of nitrogens with one attached hydrogen (secondary N) is 2. The monoisotopic (exact) mass is 383 g/mol. The zero-order valence-corrected chi connectivity index (χ0v) is 15.7. The van der Waals surface area contributed by atoms with Gasteiger partial charge < -0.3 is 14.7 Å². The quantitative estimate of drug-likeness (QED) is 0.397. The highest BCUT2D eigenvalue weighted by molar-refractivity contribution is 5.98. The number of methoxy groups -OCH3 is 1. The summed E-state index contributed by atoms with van der Waals surface area (Å²) in [6.45, 7) is 0. The van der Waals surface area contributed by atoms with Crippen LogP contribution in [0.2, 0.25) is 0 Å². The highest BCUT2D eigenvalue weighted by atomic mass is 19.1. The van der Waals surface area contributed by atoms with Gasteiger partial charge in [0.05, 0.1) is 18.5 Å². The predicted molar refractivity (Wildman–Crippen MR) is 113 cm³/mol. The Balaban J connectivity index is 1.73. The van der Waals surface area contributed by atoms with Gasteiger partial charge in [0, 0.05) is 33.8 Å². The van der Waals surface area contributed by atoms with E-state index in [2.05, 4.69) is 16.0 Å². The summed E-state index contributed by atoms with van der Waals surface area (Å²) in [5, 5.41) is 1.09. The molecule has 5 heteroatoms. The van der Waals surface area contributed by atoms with Crippen molar-refractivity contribution < 1.29 is 9.13 Å². The molecule has 0 aliphatic rings. The smallest absolute Gasteiger partial charge is 0.138 e. The van der Waals surface area contributed by atoms with Crippen LogP contribution < -0.4 is 4.74 Å². The Morgan fingerprint density at radius 2 is 1.72 bits per heavy atom. The first kappa shape index (κ1) is 17.3. The SMILES string of the molecule is COc1ccc(-c2nc(-c3cccc(F)c3)[nH]c2-c2c[nH]c3ccccc23)cc1. The summed E-state index contributed by atoms with van der Waals surface area (Å²) < 4.78 is 19.1. The van der Waals surface area contributed by atoms with E-state index in [1.165, 1.54) is 12.1 Å². The molecule has 0 amide bonds. The van der Waals surface area contributed by atoms with E-state index in [4.69, 9.17) is 9.72 Å². The number of ether oxygens (including phenoxy) is 1. The molecule has 142 valence electrons. The van der Waals surface area contributed by atoms with Gasteiger partial charge in [-0.15, -0.1) is 0 Å². The first-order valence-electron chi connectivity index (χ1n) is 9.30. The fraction of sp³-hybridized carbons (Fsp3) is 0.0417. The number of nitrogens with zero attached hydrogens (tertiary/aromatic N) is 1. The number of hydrogen-bond acceptors (Lipinski definition) is 2. The molecule has 2 N–H and O–H groups in total. The number of halogens is 1. The molecule has 5 rings (SSSR count). The predicted octanol–water partition coefficient (Wildman–Crippen LogP) is 6.04. The van der Waals surface area contributed by atoms with E-state index in [1.807, 2.05) is 54.7 Å². The molecule has 0 unspecified atom stereocenters. The molecular weight excluding hydrogens is 365 g/mol. The number of H-pyrrole nitrogens is 2. The first-order chi connectivity index (χ1) is 14.2. The Bertz CT molecular complexity index is 1300. The van der Waals surface area contributed by atoms with Gasteiger partial charge in [-0.05, 0) is 42.5 Å². The molecule has 0 saturated carbocycles. The highest BCUT2D eigenvalue weighted by Crippen LogP contribution is 2.37. The van der Waals surface area contributed by atoms with Crippen molar-refractivity contribution >= 4 is 10.9 Å². The summed E-state index contributed by atoms with van der Waals surface area (Å²) in [7, 11) is 1.64. The van der Waals surface area contributed by atoms with E-state index in [9.17, 15) is 4.39 Å². The number of para-hydroxylation sites is 1. The Morgan fingerprint density at radius 3 is 2.52 bits per heavy atom. The maximum absolute atomic E-state index is 13.8. The van der Waals surface area contributed by atoms with Gasteiger partial charge in [-0.3, -0.25) is 0 Å². The third-order valence-corrected chi connectivity index (χ3v) is 5.02. The van der Waals surface area contributed by atoms with Crippen molar-refractivity contribution in [2.75, 3.05) is 7.11 Å². The number of hydrogen-bond donors (Lipinski definition) is 2. The van der Waals surface area contributed by atoms with Crippen molar-refractivity contribution in [3.63, 3.8) is 0 Å². The second-order valence-electron chi connectivity index (χ2n) is 6.80. The largest absolute Gasteiger partial charge is 0.497 e. The van der Waals surface area contributed by atoms with Gasteiger partial charge in [-0.2, -0.15) is 0 Å². The zero-order chi connectivity index (χ0) is 19.8. The van der Waals surface area contributed by atoms with Gasteiger partial charge in [0.25, 0.3) is 0 Å². The number of imidazole rings is 1. The number of fused-ring (bicyclic) bond motifs is 1. The normalized spacial score (nSPS) is 11.1. The molecular formula is C24H18FN3O. The second kappa shape index (κ2) is 6.95. The van der Waals surface area contributed by atoms with Gasteiger partial charge in [-0.25, -0.2) is 9.37 Å². The van der Waals surface area contributed by atoms with Crippen molar-refractivity contribution in [1.82, 2.24) is 15.0 Å². The number of rotatable bonds is 4. The topological polar surface area (TPSA) is 53.7 Å².